The summed E-state index contributed by atoms with van der Waals surface area (Å²) in [5, 5.41) is 2.85. The van der Waals surface area contributed by atoms with Gasteiger partial charge in [-0.25, -0.2) is 13.2 Å². The van der Waals surface area contributed by atoms with Crippen molar-refractivity contribution in [3.05, 3.63) is 59.7 Å². The lowest BCUT2D eigenvalue weighted by Gasteiger charge is -2.25. The largest absolute Gasteiger partial charge is 0.322 e. The molecule has 2 rings (SSSR count). The Hall–Kier alpha value is -2.34. The van der Waals surface area contributed by atoms with Crippen LogP contribution in [0.2, 0.25) is 0 Å². The van der Waals surface area contributed by atoms with Gasteiger partial charge >= 0.3 is 6.03 Å². The summed E-state index contributed by atoms with van der Waals surface area (Å²) in [6, 6.07) is 13.8. The number of sulfone groups is 1. The van der Waals surface area contributed by atoms with Crippen LogP contribution in [0, 0.1) is 6.92 Å². The number of carbonyl (C=O) groups is 1. The van der Waals surface area contributed by atoms with Crippen LogP contribution in [0.25, 0.3) is 0 Å². The number of anilines is 1. The van der Waals surface area contributed by atoms with Crippen molar-refractivity contribution in [2.45, 2.75) is 24.8 Å². The zero-order valence-electron chi connectivity index (χ0n) is 14.3. The van der Waals surface area contributed by atoms with E-state index in [1.54, 1.807) is 36.2 Å². The zero-order chi connectivity index (χ0) is 17.9. The molecule has 0 fully saturated rings. The number of carbonyl (C=O) groups excluding carboxylic acids is 1. The molecule has 0 radical (unpaired) electrons. The molecule has 5 nitrogen and oxygen atoms in total. The minimum Gasteiger partial charge on any atom is -0.321 e. The molecule has 0 aliphatic heterocycles. The van der Waals surface area contributed by atoms with Crippen molar-refractivity contribution in [1.82, 2.24) is 4.90 Å². The van der Waals surface area contributed by atoms with Gasteiger partial charge in [-0.15, -0.1) is 0 Å². The lowest BCUT2D eigenvalue weighted by molar-refractivity contribution is 0.208. The average molecular weight is 346 g/mol. The number of urea groups is 1. The first kappa shape index (κ1) is 18.0. The highest BCUT2D eigenvalue weighted by molar-refractivity contribution is 7.90. The molecule has 128 valence electrons. The summed E-state index contributed by atoms with van der Waals surface area (Å²) in [6.45, 7) is 3.88. The van der Waals surface area contributed by atoms with Crippen molar-refractivity contribution >= 4 is 21.6 Å². The Morgan fingerprint density at radius 3 is 2.08 bits per heavy atom. The third kappa shape index (κ3) is 4.35. The monoisotopic (exact) mass is 346 g/mol. The molecule has 1 unspecified atom stereocenters. The molecule has 0 aliphatic carbocycles. The molecule has 0 heterocycles. The van der Waals surface area contributed by atoms with Crippen LogP contribution < -0.4 is 5.32 Å². The van der Waals surface area contributed by atoms with Gasteiger partial charge in [0.05, 0.1) is 10.9 Å². The number of nitrogens with zero attached hydrogens (tertiary/aromatic N) is 1. The van der Waals surface area contributed by atoms with Crippen LogP contribution in [0.3, 0.4) is 0 Å². The molecule has 6 heteroatoms. The van der Waals surface area contributed by atoms with E-state index in [-0.39, 0.29) is 17.0 Å². The van der Waals surface area contributed by atoms with E-state index in [4.69, 9.17) is 0 Å². The Morgan fingerprint density at radius 1 is 1.04 bits per heavy atom. The van der Waals surface area contributed by atoms with Crippen molar-refractivity contribution in [3.63, 3.8) is 0 Å². The molecule has 24 heavy (non-hydrogen) atoms. The van der Waals surface area contributed by atoms with Crippen LogP contribution in [0.4, 0.5) is 10.5 Å². The molecule has 0 bridgehead atoms. The maximum Gasteiger partial charge on any atom is 0.322 e. The van der Waals surface area contributed by atoms with E-state index in [0.29, 0.717) is 0 Å². The summed E-state index contributed by atoms with van der Waals surface area (Å²) >= 11 is 0. The van der Waals surface area contributed by atoms with Gasteiger partial charge in [-0.1, -0.05) is 29.8 Å². The number of rotatable bonds is 4. The Balaban J connectivity index is 2.09. The van der Waals surface area contributed by atoms with Crippen molar-refractivity contribution in [1.29, 1.82) is 0 Å². The second kappa shape index (κ2) is 7.05. The first-order valence-corrected chi connectivity index (χ1v) is 9.48. The summed E-state index contributed by atoms with van der Waals surface area (Å²) in [5.41, 5.74) is 2.72. The van der Waals surface area contributed by atoms with Gasteiger partial charge in [0.1, 0.15) is 0 Å². The van der Waals surface area contributed by atoms with Crippen molar-refractivity contribution < 1.29 is 13.2 Å². The van der Waals surface area contributed by atoms with Gasteiger partial charge in [-0.2, -0.15) is 0 Å². The molecule has 0 aromatic heterocycles. The lowest BCUT2D eigenvalue weighted by atomic mass is 10.1. The van der Waals surface area contributed by atoms with Gasteiger partial charge in [-0.3, -0.25) is 0 Å². The highest BCUT2D eigenvalue weighted by atomic mass is 32.2. The molecule has 2 amide bonds. The summed E-state index contributed by atoms with van der Waals surface area (Å²) in [5.74, 6) is 0. The van der Waals surface area contributed by atoms with Crippen LogP contribution in [-0.4, -0.2) is 32.7 Å². The first-order valence-electron chi connectivity index (χ1n) is 7.59. The third-order valence-electron chi connectivity index (χ3n) is 3.99. The second-order valence-electron chi connectivity index (χ2n) is 5.92. The normalized spacial score (nSPS) is 12.5. The fraction of sp³-hybridized carbons (Fsp3) is 0.278. The number of benzene rings is 2. The van der Waals surface area contributed by atoms with Crippen LogP contribution >= 0.6 is 0 Å². The number of aryl methyl sites for hydroxylation is 1. The highest BCUT2D eigenvalue weighted by Crippen LogP contribution is 2.21. The maximum atomic E-state index is 12.4. The summed E-state index contributed by atoms with van der Waals surface area (Å²) in [4.78, 5) is 14.2. The van der Waals surface area contributed by atoms with E-state index in [1.165, 1.54) is 6.26 Å². The summed E-state index contributed by atoms with van der Waals surface area (Å²) in [7, 11) is -1.51. The topological polar surface area (TPSA) is 66.5 Å². The SMILES string of the molecule is Cc1ccc(NC(=O)N(C)C(C)c2ccc(S(C)(=O)=O)cc2)cc1. The Bertz CT molecular complexity index is 812. The molecule has 0 saturated heterocycles. The quantitative estimate of drug-likeness (QED) is 0.919. The number of nitrogens with one attached hydrogen (secondary N) is 1. The minimum atomic E-state index is -3.22. The Morgan fingerprint density at radius 2 is 1.58 bits per heavy atom. The molecular weight excluding hydrogens is 324 g/mol. The number of hydrogen-bond acceptors (Lipinski definition) is 3. The summed E-state index contributed by atoms with van der Waals surface area (Å²) in [6.07, 6.45) is 1.17. The Kier molecular flexibility index (Phi) is 5.29. The van der Waals surface area contributed by atoms with Crippen molar-refractivity contribution in [2.24, 2.45) is 0 Å². The van der Waals surface area contributed by atoms with E-state index in [1.807, 2.05) is 38.1 Å². The minimum absolute atomic E-state index is 0.191. The molecular formula is C18H22N2O3S. The molecule has 0 spiro atoms. The van der Waals surface area contributed by atoms with E-state index < -0.39 is 9.84 Å². The average Bonchev–Trinajstić information content (AvgIpc) is 2.55. The van der Waals surface area contributed by atoms with Gasteiger partial charge in [-0.05, 0) is 43.7 Å². The molecule has 2 aromatic rings. The standard InChI is InChI=1S/C18H22N2O3S/c1-13-5-9-16(10-6-13)19-18(21)20(3)14(2)15-7-11-17(12-8-15)24(4,22)23/h5-12,14H,1-4H3,(H,19,21). The molecule has 0 saturated carbocycles. The van der Waals surface area contributed by atoms with Gasteiger partial charge < -0.3 is 10.2 Å². The van der Waals surface area contributed by atoms with Crippen LogP contribution in [0.5, 0.6) is 0 Å². The van der Waals surface area contributed by atoms with E-state index in [0.717, 1.165) is 16.8 Å². The summed E-state index contributed by atoms with van der Waals surface area (Å²) < 4.78 is 23.0. The lowest BCUT2D eigenvalue weighted by Crippen LogP contribution is -2.33. The molecule has 1 N–H and O–H groups in total. The van der Waals surface area contributed by atoms with Crippen molar-refractivity contribution in [3.8, 4) is 0 Å². The fourth-order valence-electron chi connectivity index (χ4n) is 2.24. The number of amides is 2. The highest BCUT2D eigenvalue weighted by Gasteiger charge is 2.18. The van der Waals surface area contributed by atoms with E-state index in [2.05, 4.69) is 5.32 Å². The van der Waals surface area contributed by atoms with E-state index >= 15 is 0 Å². The van der Waals surface area contributed by atoms with Gasteiger partial charge in [0.25, 0.3) is 0 Å². The van der Waals surface area contributed by atoms with Crippen molar-refractivity contribution in [2.75, 3.05) is 18.6 Å². The van der Waals surface area contributed by atoms with Gasteiger partial charge in [0, 0.05) is 19.0 Å². The smallest absolute Gasteiger partial charge is 0.321 e. The number of hydrogen-bond donors (Lipinski definition) is 1. The van der Waals surface area contributed by atoms with Gasteiger partial charge in [0.15, 0.2) is 9.84 Å². The van der Waals surface area contributed by atoms with Crippen LogP contribution in [0.15, 0.2) is 53.4 Å². The second-order valence-corrected chi connectivity index (χ2v) is 7.94. The molecule has 2 aromatic carbocycles. The van der Waals surface area contributed by atoms with Crippen LogP contribution in [0.1, 0.15) is 24.1 Å². The predicted molar refractivity (Wildman–Crippen MR) is 95.9 cm³/mol. The predicted octanol–water partition coefficient (Wildman–Crippen LogP) is 3.62. The third-order valence-corrected chi connectivity index (χ3v) is 5.12. The Labute approximate surface area is 143 Å². The molecule has 1 atom stereocenters. The zero-order valence-corrected chi connectivity index (χ0v) is 15.1. The maximum absolute atomic E-state index is 12.4. The van der Waals surface area contributed by atoms with E-state index in [9.17, 15) is 13.2 Å². The van der Waals surface area contributed by atoms with Crippen LogP contribution in [-0.2, 0) is 9.84 Å². The van der Waals surface area contributed by atoms with Gasteiger partial charge in [0.2, 0.25) is 0 Å². The molecule has 0 aliphatic rings. The first-order chi connectivity index (χ1) is 11.2. The fourth-order valence-corrected chi connectivity index (χ4v) is 2.87.